The maximum atomic E-state index is 11.7. The van der Waals surface area contributed by atoms with Gasteiger partial charge in [0, 0.05) is 19.5 Å². The van der Waals surface area contributed by atoms with Crippen molar-refractivity contribution in [2.75, 3.05) is 7.05 Å². The number of likely N-dealkylation sites (N-methyl/N-ethyl adjacent to an activating group) is 1. The number of nitrogens with two attached hydrogens (primary N) is 1. The van der Waals surface area contributed by atoms with Crippen LogP contribution in [0.4, 0.5) is 0 Å². The minimum absolute atomic E-state index is 0.0658. The molecule has 2 atom stereocenters. The Balaban J connectivity index is 4.17. The molecular weight excluding hydrogens is 176 g/mol. The molecule has 0 spiro atoms. The van der Waals surface area contributed by atoms with Crippen LogP contribution in [0.2, 0.25) is 0 Å². The number of rotatable bonds is 5. The lowest BCUT2D eigenvalue weighted by Crippen LogP contribution is -2.45. The van der Waals surface area contributed by atoms with E-state index in [2.05, 4.69) is 12.8 Å². The first-order valence-electron chi connectivity index (χ1n) is 5.00. The van der Waals surface area contributed by atoms with Crippen molar-refractivity contribution in [2.24, 2.45) is 5.73 Å². The molecule has 0 rings (SSSR count). The highest BCUT2D eigenvalue weighted by Gasteiger charge is 2.20. The van der Waals surface area contributed by atoms with E-state index < -0.39 is 6.04 Å². The van der Waals surface area contributed by atoms with E-state index in [1.807, 2.05) is 6.92 Å². The van der Waals surface area contributed by atoms with Crippen LogP contribution in [0.5, 0.6) is 0 Å². The van der Waals surface area contributed by atoms with Crippen molar-refractivity contribution in [3.63, 3.8) is 0 Å². The second kappa shape index (κ2) is 6.44. The van der Waals surface area contributed by atoms with Gasteiger partial charge >= 0.3 is 0 Å². The summed E-state index contributed by atoms with van der Waals surface area (Å²) < 4.78 is 0. The van der Waals surface area contributed by atoms with Gasteiger partial charge in [0.25, 0.3) is 0 Å². The normalized spacial score (nSPS) is 14.2. The smallest absolute Gasteiger partial charge is 0.240 e. The zero-order valence-electron chi connectivity index (χ0n) is 9.29. The number of carbonyl (C=O) groups is 1. The predicted octanol–water partition coefficient (Wildman–Crippen LogP) is 0.984. The maximum absolute atomic E-state index is 11.7. The van der Waals surface area contributed by atoms with Crippen molar-refractivity contribution in [3.05, 3.63) is 0 Å². The van der Waals surface area contributed by atoms with Crippen molar-refractivity contribution in [2.45, 2.75) is 45.2 Å². The van der Waals surface area contributed by atoms with Crippen molar-refractivity contribution in [1.82, 2.24) is 4.90 Å². The van der Waals surface area contributed by atoms with Gasteiger partial charge in [-0.15, -0.1) is 12.3 Å². The molecule has 1 amide bonds. The molecule has 2 unspecified atom stereocenters. The van der Waals surface area contributed by atoms with Gasteiger partial charge in [-0.1, -0.05) is 13.3 Å². The van der Waals surface area contributed by atoms with E-state index in [0.29, 0.717) is 6.42 Å². The molecular formula is C11H20N2O. The summed E-state index contributed by atoms with van der Waals surface area (Å²) in [5.41, 5.74) is 5.63. The molecule has 0 saturated carbocycles. The molecule has 3 nitrogen and oxygen atoms in total. The molecule has 3 heteroatoms. The summed E-state index contributed by atoms with van der Waals surface area (Å²) in [6.45, 7) is 4.11. The third-order valence-electron chi connectivity index (χ3n) is 2.37. The van der Waals surface area contributed by atoms with E-state index in [1.54, 1.807) is 11.9 Å². The highest BCUT2D eigenvalue weighted by atomic mass is 16.2. The number of hydrogen-bond acceptors (Lipinski definition) is 2. The van der Waals surface area contributed by atoms with E-state index in [4.69, 9.17) is 12.2 Å². The van der Waals surface area contributed by atoms with Crippen LogP contribution in [0, 0.1) is 12.3 Å². The SMILES string of the molecule is C#CCC(N)C(=O)N(C)C(C)CCC. The summed E-state index contributed by atoms with van der Waals surface area (Å²) in [6.07, 6.45) is 7.46. The van der Waals surface area contributed by atoms with Crippen LogP contribution in [0.25, 0.3) is 0 Å². The molecule has 0 fully saturated rings. The Morgan fingerprint density at radius 3 is 2.64 bits per heavy atom. The second-order valence-electron chi connectivity index (χ2n) is 3.60. The van der Waals surface area contributed by atoms with Gasteiger partial charge in [-0.2, -0.15) is 0 Å². The first-order valence-corrected chi connectivity index (χ1v) is 5.00. The van der Waals surface area contributed by atoms with E-state index in [0.717, 1.165) is 12.8 Å². The lowest BCUT2D eigenvalue weighted by molar-refractivity contribution is -0.133. The monoisotopic (exact) mass is 196 g/mol. The molecule has 0 aliphatic carbocycles. The molecule has 0 saturated heterocycles. The standard InChI is InChI=1S/C11H20N2O/c1-5-7-9(3)13(4)11(14)10(12)8-6-2/h2,9-10H,5,7-8,12H2,1,3-4H3. The van der Waals surface area contributed by atoms with E-state index in [9.17, 15) is 4.79 Å². The Kier molecular flexibility index (Phi) is 5.98. The molecule has 0 radical (unpaired) electrons. The Bertz CT molecular complexity index is 220. The average Bonchev–Trinajstić information content (AvgIpc) is 2.16. The quantitative estimate of drug-likeness (QED) is 0.666. The molecule has 0 aliphatic rings. The van der Waals surface area contributed by atoms with Gasteiger partial charge in [-0.25, -0.2) is 0 Å². The summed E-state index contributed by atoms with van der Waals surface area (Å²) in [6, 6.07) is -0.319. The summed E-state index contributed by atoms with van der Waals surface area (Å²) in [5, 5.41) is 0. The highest BCUT2D eigenvalue weighted by molar-refractivity contribution is 5.81. The molecule has 0 aromatic rings. The van der Waals surface area contributed by atoms with Crippen LogP contribution in [0.3, 0.4) is 0 Å². The van der Waals surface area contributed by atoms with Gasteiger partial charge < -0.3 is 10.6 Å². The van der Waals surface area contributed by atoms with E-state index >= 15 is 0 Å². The van der Waals surface area contributed by atoms with Crippen molar-refractivity contribution in [1.29, 1.82) is 0 Å². The molecule has 0 aliphatic heterocycles. The minimum atomic E-state index is -0.552. The Labute approximate surface area is 86.6 Å². The molecule has 0 aromatic heterocycles. The summed E-state index contributed by atoms with van der Waals surface area (Å²) in [7, 11) is 1.78. The second-order valence-corrected chi connectivity index (χ2v) is 3.60. The topological polar surface area (TPSA) is 46.3 Å². The fourth-order valence-corrected chi connectivity index (χ4v) is 1.30. The Morgan fingerprint density at radius 1 is 1.64 bits per heavy atom. The van der Waals surface area contributed by atoms with E-state index in [1.165, 1.54) is 0 Å². The van der Waals surface area contributed by atoms with Crippen LogP contribution < -0.4 is 5.73 Å². The summed E-state index contributed by atoms with van der Waals surface area (Å²) >= 11 is 0. The van der Waals surface area contributed by atoms with Gasteiger partial charge in [0.2, 0.25) is 5.91 Å². The number of terminal acetylenes is 1. The first kappa shape index (κ1) is 13.0. The van der Waals surface area contributed by atoms with Gasteiger partial charge in [0.1, 0.15) is 0 Å². The first-order chi connectivity index (χ1) is 6.54. The molecule has 0 heterocycles. The molecule has 80 valence electrons. The van der Waals surface area contributed by atoms with Crippen LogP contribution >= 0.6 is 0 Å². The summed E-state index contributed by atoms with van der Waals surface area (Å²) in [5.74, 6) is 2.34. The molecule has 0 aromatic carbocycles. The molecule has 0 bridgehead atoms. The van der Waals surface area contributed by atoms with Gasteiger partial charge in [-0.3, -0.25) is 4.79 Å². The van der Waals surface area contributed by atoms with Crippen LogP contribution in [0.1, 0.15) is 33.1 Å². The summed E-state index contributed by atoms with van der Waals surface area (Å²) in [4.78, 5) is 13.3. The third kappa shape index (κ3) is 3.80. The fraction of sp³-hybridized carbons (Fsp3) is 0.727. The van der Waals surface area contributed by atoms with Crippen LogP contribution in [-0.4, -0.2) is 29.9 Å². The van der Waals surface area contributed by atoms with Crippen LogP contribution in [0.15, 0.2) is 0 Å². The number of hydrogen-bond donors (Lipinski definition) is 1. The third-order valence-corrected chi connectivity index (χ3v) is 2.37. The number of nitrogens with zero attached hydrogens (tertiary/aromatic N) is 1. The number of amides is 1. The lowest BCUT2D eigenvalue weighted by Gasteiger charge is -2.26. The predicted molar refractivity (Wildman–Crippen MR) is 58.6 cm³/mol. The highest BCUT2D eigenvalue weighted by Crippen LogP contribution is 2.06. The minimum Gasteiger partial charge on any atom is -0.342 e. The Morgan fingerprint density at radius 2 is 2.21 bits per heavy atom. The zero-order chi connectivity index (χ0) is 11.1. The van der Waals surface area contributed by atoms with Gasteiger partial charge in [0.05, 0.1) is 6.04 Å². The fourth-order valence-electron chi connectivity index (χ4n) is 1.30. The van der Waals surface area contributed by atoms with Gasteiger partial charge in [0.15, 0.2) is 0 Å². The molecule has 14 heavy (non-hydrogen) atoms. The van der Waals surface area contributed by atoms with Gasteiger partial charge in [-0.05, 0) is 13.3 Å². The van der Waals surface area contributed by atoms with Crippen molar-refractivity contribution in [3.8, 4) is 12.3 Å². The lowest BCUT2D eigenvalue weighted by atomic mass is 10.1. The largest absolute Gasteiger partial charge is 0.342 e. The zero-order valence-corrected chi connectivity index (χ0v) is 9.29. The van der Waals surface area contributed by atoms with E-state index in [-0.39, 0.29) is 11.9 Å². The van der Waals surface area contributed by atoms with Crippen molar-refractivity contribution >= 4 is 5.91 Å². The maximum Gasteiger partial charge on any atom is 0.240 e. The van der Waals surface area contributed by atoms with Crippen LogP contribution in [-0.2, 0) is 4.79 Å². The molecule has 2 N–H and O–H groups in total. The van der Waals surface area contributed by atoms with Crippen molar-refractivity contribution < 1.29 is 4.79 Å². The average molecular weight is 196 g/mol. The Hall–Kier alpha value is -1.01. The number of carbonyl (C=O) groups excluding carboxylic acids is 1.